The van der Waals surface area contributed by atoms with E-state index in [4.69, 9.17) is 4.74 Å². The molecule has 5 heteroatoms. The van der Waals surface area contributed by atoms with Crippen molar-refractivity contribution in [1.82, 2.24) is 5.32 Å². The number of hydrogen-bond acceptors (Lipinski definition) is 4. The van der Waals surface area contributed by atoms with Crippen LogP contribution in [0.1, 0.15) is 36.0 Å². The molecule has 1 amide bonds. The number of carbonyl (C=O) groups excluding carboxylic acids is 2. The molecule has 2 aromatic carbocycles. The highest BCUT2D eigenvalue weighted by molar-refractivity contribution is 5.85. The summed E-state index contributed by atoms with van der Waals surface area (Å²) in [6.07, 6.45) is 1.45. The molecular formula is C23H28N2O3. The number of ether oxygens (including phenoxy) is 1. The summed E-state index contributed by atoms with van der Waals surface area (Å²) in [4.78, 5) is 26.8. The number of hydrogen-bond donors (Lipinski definition) is 1. The van der Waals surface area contributed by atoms with E-state index >= 15 is 0 Å². The van der Waals surface area contributed by atoms with E-state index in [-0.39, 0.29) is 30.4 Å². The normalized spacial score (nSPS) is 16.8. The lowest BCUT2D eigenvalue weighted by molar-refractivity contribution is -0.142. The Balaban J connectivity index is 1.64. The van der Waals surface area contributed by atoms with Gasteiger partial charge in [-0.2, -0.15) is 0 Å². The summed E-state index contributed by atoms with van der Waals surface area (Å²) in [7, 11) is 1.42. The Kier molecular flexibility index (Phi) is 6.34. The summed E-state index contributed by atoms with van der Waals surface area (Å²) in [5.41, 5.74) is 4.36. The molecule has 0 radical (unpaired) electrons. The molecule has 0 spiro atoms. The fourth-order valence-corrected chi connectivity index (χ4v) is 3.90. The van der Waals surface area contributed by atoms with Gasteiger partial charge in [-0.15, -0.1) is 0 Å². The lowest BCUT2D eigenvalue weighted by Gasteiger charge is -2.34. The first kappa shape index (κ1) is 19.9. The second kappa shape index (κ2) is 8.91. The van der Waals surface area contributed by atoms with Gasteiger partial charge in [-0.05, 0) is 49.4 Å². The summed E-state index contributed by atoms with van der Waals surface area (Å²) < 4.78 is 4.94. The molecule has 0 aliphatic carbocycles. The molecular weight excluding hydrogens is 352 g/mol. The summed E-state index contributed by atoms with van der Waals surface area (Å²) >= 11 is 0. The molecule has 1 heterocycles. The molecule has 0 aromatic heterocycles. The first-order valence-electron chi connectivity index (χ1n) is 9.75. The van der Waals surface area contributed by atoms with Gasteiger partial charge in [0.2, 0.25) is 5.91 Å². The number of carbonyl (C=O) groups is 2. The van der Waals surface area contributed by atoms with Crippen LogP contribution in [0.25, 0.3) is 0 Å². The first-order valence-corrected chi connectivity index (χ1v) is 9.75. The molecule has 0 fully saturated rings. The van der Waals surface area contributed by atoms with Gasteiger partial charge in [0.1, 0.15) is 0 Å². The SMILES string of the molecule is COC(=O)[C@H]1CCN(CC(=O)N[C@@H](C)Cc2ccccc2C)c2ccccc21. The zero-order valence-electron chi connectivity index (χ0n) is 16.8. The van der Waals surface area contributed by atoms with Crippen molar-refractivity contribution < 1.29 is 14.3 Å². The number of methoxy groups -OCH3 is 1. The van der Waals surface area contributed by atoms with Crippen LogP contribution in [-0.2, 0) is 20.7 Å². The fraction of sp³-hybridized carbons (Fsp3) is 0.391. The molecule has 2 atom stereocenters. The van der Waals surface area contributed by atoms with Gasteiger partial charge < -0.3 is 15.0 Å². The average molecular weight is 380 g/mol. The number of amides is 1. The Hall–Kier alpha value is -2.82. The van der Waals surface area contributed by atoms with Crippen LogP contribution in [0.3, 0.4) is 0 Å². The van der Waals surface area contributed by atoms with Gasteiger partial charge in [0.05, 0.1) is 19.6 Å². The molecule has 1 aliphatic rings. The van der Waals surface area contributed by atoms with Gasteiger partial charge in [0.25, 0.3) is 0 Å². The topological polar surface area (TPSA) is 58.6 Å². The second-order valence-corrected chi connectivity index (χ2v) is 7.44. The van der Waals surface area contributed by atoms with E-state index in [1.54, 1.807) is 0 Å². The van der Waals surface area contributed by atoms with Crippen LogP contribution in [0.4, 0.5) is 5.69 Å². The molecule has 0 bridgehead atoms. The van der Waals surface area contributed by atoms with E-state index in [1.807, 2.05) is 48.2 Å². The minimum atomic E-state index is -0.263. The molecule has 0 unspecified atom stereocenters. The standard InChI is InChI=1S/C23H28N2O3/c1-16-8-4-5-9-18(16)14-17(2)24-22(26)15-25-13-12-20(23(27)28-3)19-10-6-7-11-21(19)25/h4-11,17,20H,12-15H2,1-3H3,(H,24,26)/t17-,20-/m0/s1. The first-order chi connectivity index (χ1) is 13.5. The highest BCUT2D eigenvalue weighted by Gasteiger charge is 2.31. The van der Waals surface area contributed by atoms with Gasteiger partial charge >= 0.3 is 5.97 Å². The van der Waals surface area contributed by atoms with Crippen LogP contribution in [0, 0.1) is 6.92 Å². The van der Waals surface area contributed by atoms with Crippen molar-refractivity contribution in [3.05, 3.63) is 65.2 Å². The van der Waals surface area contributed by atoms with Crippen LogP contribution in [0.2, 0.25) is 0 Å². The molecule has 0 saturated carbocycles. The molecule has 148 valence electrons. The number of esters is 1. The zero-order valence-corrected chi connectivity index (χ0v) is 16.8. The molecule has 28 heavy (non-hydrogen) atoms. The van der Waals surface area contributed by atoms with E-state index in [0.717, 1.165) is 17.7 Å². The van der Waals surface area contributed by atoms with Crippen LogP contribution < -0.4 is 10.2 Å². The summed E-state index contributed by atoms with van der Waals surface area (Å²) in [6, 6.07) is 16.1. The fourth-order valence-electron chi connectivity index (χ4n) is 3.90. The van der Waals surface area contributed by atoms with E-state index in [0.29, 0.717) is 13.0 Å². The van der Waals surface area contributed by atoms with Crippen molar-refractivity contribution in [2.24, 2.45) is 0 Å². The Morgan fingerprint density at radius 2 is 1.89 bits per heavy atom. The van der Waals surface area contributed by atoms with Crippen molar-refractivity contribution in [1.29, 1.82) is 0 Å². The molecule has 2 aromatic rings. The summed E-state index contributed by atoms with van der Waals surface area (Å²) in [5, 5.41) is 3.11. The van der Waals surface area contributed by atoms with Crippen molar-refractivity contribution in [2.75, 3.05) is 25.1 Å². The Labute approximate surface area is 166 Å². The monoisotopic (exact) mass is 380 g/mol. The lowest BCUT2D eigenvalue weighted by atomic mass is 9.90. The van der Waals surface area contributed by atoms with Crippen molar-refractivity contribution in [3.63, 3.8) is 0 Å². The van der Waals surface area contributed by atoms with Crippen molar-refractivity contribution in [2.45, 2.75) is 38.6 Å². The van der Waals surface area contributed by atoms with Crippen LogP contribution >= 0.6 is 0 Å². The van der Waals surface area contributed by atoms with Crippen LogP contribution in [0.15, 0.2) is 48.5 Å². The molecule has 0 saturated heterocycles. The predicted octanol–water partition coefficient (Wildman–Crippen LogP) is 3.21. The maximum Gasteiger partial charge on any atom is 0.313 e. The highest BCUT2D eigenvalue weighted by Crippen LogP contribution is 2.35. The van der Waals surface area contributed by atoms with E-state index in [1.165, 1.54) is 18.2 Å². The highest BCUT2D eigenvalue weighted by atomic mass is 16.5. The number of rotatable bonds is 6. The van der Waals surface area contributed by atoms with Crippen molar-refractivity contribution >= 4 is 17.6 Å². The number of benzene rings is 2. The number of aryl methyl sites for hydroxylation is 1. The second-order valence-electron chi connectivity index (χ2n) is 7.44. The molecule has 5 nitrogen and oxygen atoms in total. The number of anilines is 1. The van der Waals surface area contributed by atoms with Crippen molar-refractivity contribution in [3.8, 4) is 0 Å². The minimum absolute atomic E-state index is 0.00703. The predicted molar refractivity (Wildman–Crippen MR) is 111 cm³/mol. The number of nitrogens with zero attached hydrogens (tertiary/aromatic N) is 1. The van der Waals surface area contributed by atoms with Gasteiger partial charge in [0.15, 0.2) is 0 Å². The smallest absolute Gasteiger partial charge is 0.313 e. The van der Waals surface area contributed by atoms with Gasteiger partial charge in [-0.1, -0.05) is 42.5 Å². The largest absolute Gasteiger partial charge is 0.469 e. The number of fused-ring (bicyclic) bond motifs is 1. The van der Waals surface area contributed by atoms with Gasteiger partial charge in [0, 0.05) is 18.3 Å². The zero-order chi connectivity index (χ0) is 20.1. The lowest BCUT2D eigenvalue weighted by Crippen LogP contribution is -2.44. The third-order valence-electron chi connectivity index (χ3n) is 5.36. The Morgan fingerprint density at radius 3 is 2.64 bits per heavy atom. The average Bonchev–Trinajstić information content (AvgIpc) is 2.69. The summed E-state index contributed by atoms with van der Waals surface area (Å²) in [5.74, 6) is -0.490. The number of para-hydroxylation sites is 1. The van der Waals surface area contributed by atoms with E-state index in [9.17, 15) is 9.59 Å². The number of nitrogens with one attached hydrogen (secondary N) is 1. The maximum absolute atomic E-state index is 12.6. The van der Waals surface area contributed by atoms with E-state index < -0.39 is 0 Å². The van der Waals surface area contributed by atoms with Gasteiger partial charge in [-0.3, -0.25) is 9.59 Å². The van der Waals surface area contributed by atoms with Crippen LogP contribution in [-0.4, -0.2) is 38.1 Å². The molecule has 3 rings (SSSR count). The quantitative estimate of drug-likeness (QED) is 0.782. The molecule has 1 N–H and O–H groups in total. The third-order valence-corrected chi connectivity index (χ3v) is 5.36. The maximum atomic E-state index is 12.6. The molecule has 1 aliphatic heterocycles. The minimum Gasteiger partial charge on any atom is -0.469 e. The van der Waals surface area contributed by atoms with Gasteiger partial charge in [-0.25, -0.2) is 0 Å². The Bertz CT molecular complexity index is 849. The summed E-state index contributed by atoms with van der Waals surface area (Å²) in [6.45, 7) is 5.05. The van der Waals surface area contributed by atoms with Crippen LogP contribution in [0.5, 0.6) is 0 Å². The van der Waals surface area contributed by atoms with E-state index in [2.05, 4.69) is 24.4 Å². The Morgan fingerprint density at radius 1 is 1.18 bits per heavy atom. The third kappa shape index (κ3) is 4.53.